The van der Waals surface area contributed by atoms with Crippen LogP contribution in [0.4, 0.5) is 5.82 Å². The van der Waals surface area contributed by atoms with E-state index >= 15 is 0 Å². The number of nitrogens with zero attached hydrogens (tertiary/aromatic N) is 3. The number of methoxy groups -OCH3 is 1. The van der Waals surface area contributed by atoms with Gasteiger partial charge in [0.25, 0.3) is 5.88 Å². The summed E-state index contributed by atoms with van der Waals surface area (Å²) in [6.07, 6.45) is 2.84. The Labute approximate surface area is 156 Å². The van der Waals surface area contributed by atoms with E-state index < -0.39 is 0 Å². The van der Waals surface area contributed by atoms with Gasteiger partial charge in [0.15, 0.2) is 5.82 Å². The van der Waals surface area contributed by atoms with Gasteiger partial charge in [-0.3, -0.25) is 0 Å². The number of hydrogen-bond acceptors (Lipinski definition) is 6. The number of pyridine rings is 1. The van der Waals surface area contributed by atoms with Gasteiger partial charge in [-0.05, 0) is 39.2 Å². The monoisotopic (exact) mass is 358 g/mol. The van der Waals surface area contributed by atoms with Crippen molar-refractivity contribution in [3.05, 3.63) is 23.0 Å². The van der Waals surface area contributed by atoms with Crippen LogP contribution in [0.2, 0.25) is 0 Å². The minimum Gasteiger partial charge on any atom is -0.481 e. The second-order valence-electron chi connectivity index (χ2n) is 6.26. The lowest BCUT2D eigenvalue weighted by Gasteiger charge is -2.19. The van der Waals surface area contributed by atoms with Crippen molar-refractivity contribution in [2.24, 2.45) is 0 Å². The van der Waals surface area contributed by atoms with Crippen molar-refractivity contribution in [3.63, 3.8) is 0 Å². The first-order valence-electron chi connectivity index (χ1n) is 9.26. The van der Waals surface area contributed by atoms with Crippen LogP contribution in [0.25, 0.3) is 11.3 Å². The highest BCUT2D eigenvalue weighted by molar-refractivity contribution is 5.68. The molecule has 0 saturated carbocycles. The van der Waals surface area contributed by atoms with Gasteiger partial charge in [0.2, 0.25) is 5.88 Å². The Hall–Kier alpha value is -2.37. The van der Waals surface area contributed by atoms with Gasteiger partial charge in [-0.25, -0.2) is 15.0 Å². The predicted molar refractivity (Wildman–Crippen MR) is 105 cm³/mol. The largest absolute Gasteiger partial charge is 0.481 e. The van der Waals surface area contributed by atoms with Crippen LogP contribution in [0.5, 0.6) is 11.8 Å². The van der Waals surface area contributed by atoms with Gasteiger partial charge >= 0.3 is 0 Å². The number of aromatic nitrogens is 3. The van der Waals surface area contributed by atoms with Gasteiger partial charge in [0, 0.05) is 18.2 Å². The zero-order valence-corrected chi connectivity index (χ0v) is 16.9. The van der Waals surface area contributed by atoms with E-state index in [2.05, 4.69) is 42.1 Å². The van der Waals surface area contributed by atoms with Crippen molar-refractivity contribution >= 4 is 5.82 Å². The average Bonchev–Trinajstić information content (AvgIpc) is 2.66. The van der Waals surface area contributed by atoms with Crippen molar-refractivity contribution < 1.29 is 9.47 Å². The fourth-order valence-corrected chi connectivity index (χ4v) is 2.91. The molecule has 6 heteroatoms. The molecule has 0 aliphatic heterocycles. The number of ether oxygens (including phenoxy) is 2. The summed E-state index contributed by atoms with van der Waals surface area (Å²) >= 11 is 0. The molecule has 0 fully saturated rings. The Morgan fingerprint density at radius 1 is 1.00 bits per heavy atom. The van der Waals surface area contributed by atoms with E-state index in [-0.39, 0.29) is 6.10 Å². The maximum Gasteiger partial charge on any atom is 0.257 e. The van der Waals surface area contributed by atoms with Crippen LogP contribution in [0.1, 0.15) is 50.6 Å². The Balaban J connectivity index is 2.54. The molecular formula is C20H30N4O2. The average molecular weight is 358 g/mol. The fraction of sp³-hybridized carbons (Fsp3) is 0.550. The van der Waals surface area contributed by atoms with E-state index in [1.54, 1.807) is 7.11 Å². The quantitative estimate of drug-likeness (QED) is 0.757. The number of hydrogen-bond donors (Lipinski definition) is 1. The third-order valence-electron chi connectivity index (χ3n) is 4.55. The SMILES string of the molecule is CCc1cc(-c2nc(NC)c(OC(CC)CC)nc2C)c(C)nc1OC. The van der Waals surface area contributed by atoms with E-state index in [0.717, 1.165) is 47.5 Å². The first-order valence-corrected chi connectivity index (χ1v) is 9.26. The molecule has 0 aliphatic carbocycles. The van der Waals surface area contributed by atoms with Crippen LogP contribution in [0, 0.1) is 13.8 Å². The van der Waals surface area contributed by atoms with E-state index in [0.29, 0.717) is 17.6 Å². The minimum absolute atomic E-state index is 0.137. The van der Waals surface area contributed by atoms with Crippen LogP contribution < -0.4 is 14.8 Å². The molecule has 0 spiro atoms. The second-order valence-corrected chi connectivity index (χ2v) is 6.26. The summed E-state index contributed by atoms with van der Waals surface area (Å²) in [5.41, 5.74) is 4.53. The molecule has 2 heterocycles. The summed E-state index contributed by atoms with van der Waals surface area (Å²) in [5, 5.41) is 3.11. The van der Waals surface area contributed by atoms with Crippen molar-refractivity contribution in [2.45, 2.75) is 60.0 Å². The molecule has 0 bridgehead atoms. The van der Waals surface area contributed by atoms with Gasteiger partial charge < -0.3 is 14.8 Å². The second kappa shape index (κ2) is 8.83. The maximum atomic E-state index is 6.05. The molecule has 26 heavy (non-hydrogen) atoms. The first kappa shape index (κ1) is 19.9. The maximum absolute atomic E-state index is 6.05. The summed E-state index contributed by atoms with van der Waals surface area (Å²) in [6.45, 7) is 10.2. The molecular weight excluding hydrogens is 328 g/mol. The zero-order valence-electron chi connectivity index (χ0n) is 16.9. The molecule has 2 rings (SSSR count). The van der Waals surface area contributed by atoms with E-state index in [1.165, 1.54) is 0 Å². The van der Waals surface area contributed by atoms with E-state index in [9.17, 15) is 0 Å². The molecule has 2 aromatic heterocycles. The van der Waals surface area contributed by atoms with Gasteiger partial charge in [-0.2, -0.15) is 0 Å². The lowest BCUT2D eigenvalue weighted by molar-refractivity contribution is 0.185. The van der Waals surface area contributed by atoms with Crippen molar-refractivity contribution in [1.29, 1.82) is 0 Å². The van der Waals surface area contributed by atoms with Gasteiger partial charge in [0.05, 0.1) is 24.2 Å². The van der Waals surface area contributed by atoms with Crippen LogP contribution in [-0.4, -0.2) is 35.2 Å². The third kappa shape index (κ3) is 4.06. The lowest BCUT2D eigenvalue weighted by atomic mass is 10.0. The van der Waals surface area contributed by atoms with Crippen LogP contribution in [-0.2, 0) is 6.42 Å². The van der Waals surface area contributed by atoms with Crippen LogP contribution in [0.15, 0.2) is 6.07 Å². The summed E-state index contributed by atoms with van der Waals surface area (Å²) in [6, 6.07) is 2.10. The Morgan fingerprint density at radius 3 is 2.19 bits per heavy atom. The Morgan fingerprint density at radius 2 is 1.65 bits per heavy atom. The minimum atomic E-state index is 0.137. The van der Waals surface area contributed by atoms with Crippen LogP contribution in [0.3, 0.4) is 0 Å². The highest BCUT2D eigenvalue weighted by Crippen LogP contribution is 2.32. The van der Waals surface area contributed by atoms with Gasteiger partial charge in [0.1, 0.15) is 6.10 Å². The van der Waals surface area contributed by atoms with Gasteiger partial charge in [-0.15, -0.1) is 0 Å². The molecule has 0 unspecified atom stereocenters. The van der Waals surface area contributed by atoms with E-state index in [4.69, 9.17) is 14.5 Å². The van der Waals surface area contributed by atoms with Crippen molar-refractivity contribution in [1.82, 2.24) is 15.0 Å². The molecule has 2 aromatic rings. The standard InChI is InChI=1S/C20H30N4O2/c1-8-14-11-16(12(4)22-19(14)25-7)17-13(5)23-20(18(21-6)24-17)26-15(9-2)10-3/h11,15H,8-10H2,1-7H3,(H,21,24). The normalized spacial score (nSPS) is 10.9. The predicted octanol–water partition coefficient (Wildman–Crippen LogP) is 4.34. The molecule has 0 radical (unpaired) electrons. The highest BCUT2D eigenvalue weighted by atomic mass is 16.5. The summed E-state index contributed by atoms with van der Waals surface area (Å²) < 4.78 is 11.4. The zero-order chi connectivity index (χ0) is 19.3. The van der Waals surface area contributed by atoms with Crippen molar-refractivity contribution in [3.8, 4) is 23.0 Å². The summed E-state index contributed by atoms with van der Waals surface area (Å²) in [5.74, 6) is 1.87. The number of rotatable bonds is 8. The molecule has 0 atom stereocenters. The number of aryl methyl sites for hydroxylation is 3. The molecule has 0 aromatic carbocycles. The lowest BCUT2D eigenvalue weighted by Crippen LogP contribution is -2.16. The molecule has 142 valence electrons. The van der Waals surface area contributed by atoms with Gasteiger partial charge in [-0.1, -0.05) is 20.8 Å². The summed E-state index contributed by atoms with van der Waals surface area (Å²) in [4.78, 5) is 14.1. The molecule has 6 nitrogen and oxygen atoms in total. The third-order valence-corrected chi connectivity index (χ3v) is 4.55. The van der Waals surface area contributed by atoms with Crippen molar-refractivity contribution in [2.75, 3.05) is 19.5 Å². The van der Waals surface area contributed by atoms with E-state index in [1.807, 2.05) is 20.9 Å². The first-order chi connectivity index (χ1) is 12.5. The highest BCUT2D eigenvalue weighted by Gasteiger charge is 2.19. The number of nitrogens with one attached hydrogen (secondary N) is 1. The Kier molecular flexibility index (Phi) is 6.77. The number of anilines is 1. The summed E-state index contributed by atoms with van der Waals surface area (Å²) in [7, 11) is 3.48. The molecule has 1 N–H and O–H groups in total. The smallest absolute Gasteiger partial charge is 0.257 e. The molecule has 0 amide bonds. The topological polar surface area (TPSA) is 69.2 Å². The van der Waals surface area contributed by atoms with Crippen LogP contribution >= 0.6 is 0 Å². The molecule has 0 aliphatic rings. The fourth-order valence-electron chi connectivity index (χ4n) is 2.91. The Bertz CT molecular complexity index is 758. The molecule has 0 saturated heterocycles.